The summed E-state index contributed by atoms with van der Waals surface area (Å²) in [6.45, 7) is 0.731. The lowest BCUT2D eigenvalue weighted by atomic mass is 10.0. The number of fused-ring (bicyclic) bond motifs is 1. The SMILES string of the molecule is NCCCC[C@H](N)C(=O)N[C@@H](Cc1c[nH]c2ccccc12)C(=O)N[C@@H](CCCN=C(N)N)C(=O)O. The van der Waals surface area contributed by atoms with E-state index in [1.165, 1.54) is 0 Å². The maximum absolute atomic E-state index is 13.2. The maximum atomic E-state index is 13.2. The molecular weight excluding hydrogens is 452 g/mol. The largest absolute Gasteiger partial charge is 0.480 e. The molecule has 0 spiro atoms. The van der Waals surface area contributed by atoms with Gasteiger partial charge in [-0.3, -0.25) is 14.6 Å². The van der Waals surface area contributed by atoms with Crippen LogP contribution >= 0.6 is 0 Å². The summed E-state index contributed by atoms with van der Waals surface area (Å²) in [7, 11) is 0. The van der Waals surface area contributed by atoms with Crippen molar-refractivity contribution in [2.45, 2.75) is 56.7 Å². The Labute approximate surface area is 203 Å². The van der Waals surface area contributed by atoms with Crippen molar-refractivity contribution in [1.82, 2.24) is 15.6 Å². The van der Waals surface area contributed by atoms with Crippen molar-refractivity contribution in [2.24, 2.45) is 27.9 Å². The third kappa shape index (κ3) is 8.91. The van der Waals surface area contributed by atoms with Gasteiger partial charge in [-0.05, 0) is 43.9 Å². The number of nitrogens with one attached hydrogen (secondary N) is 3. The van der Waals surface area contributed by atoms with E-state index >= 15 is 0 Å². The van der Waals surface area contributed by atoms with E-state index in [-0.39, 0.29) is 25.3 Å². The van der Waals surface area contributed by atoms with Crippen molar-refractivity contribution >= 4 is 34.6 Å². The van der Waals surface area contributed by atoms with Crippen molar-refractivity contribution in [3.05, 3.63) is 36.0 Å². The highest BCUT2D eigenvalue weighted by Crippen LogP contribution is 2.19. The molecule has 1 heterocycles. The number of aliphatic imine (C=N–C) groups is 1. The van der Waals surface area contributed by atoms with E-state index in [0.717, 1.165) is 22.9 Å². The number of aromatic amines is 1. The van der Waals surface area contributed by atoms with Crippen LogP contribution in [-0.4, -0.2) is 65.0 Å². The van der Waals surface area contributed by atoms with Gasteiger partial charge in [0.2, 0.25) is 11.8 Å². The van der Waals surface area contributed by atoms with E-state index in [1.807, 2.05) is 24.3 Å². The fourth-order valence-corrected chi connectivity index (χ4v) is 3.68. The number of carbonyl (C=O) groups is 3. The predicted molar refractivity (Wildman–Crippen MR) is 134 cm³/mol. The molecule has 0 bridgehead atoms. The van der Waals surface area contributed by atoms with Crippen LogP contribution in [-0.2, 0) is 20.8 Å². The molecule has 1 aromatic heterocycles. The van der Waals surface area contributed by atoms with Crippen LogP contribution in [0.2, 0.25) is 0 Å². The molecule has 12 heteroatoms. The zero-order chi connectivity index (χ0) is 25.8. The summed E-state index contributed by atoms with van der Waals surface area (Å²) in [6.07, 6.45) is 4.22. The number of carboxylic acids is 1. The number of hydrogen-bond acceptors (Lipinski definition) is 6. The average Bonchev–Trinajstić information content (AvgIpc) is 3.23. The lowest BCUT2D eigenvalue weighted by Gasteiger charge is -2.23. The lowest BCUT2D eigenvalue weighted by molar-refractivity contribution is -0.142. The van der Waals surface area contributed by atoms with Crippen molar-refractivity contribution < 1.29 is 19.5 Å². The summed E-state index contributed by atoms with van der Waals surface area (Å²) in [5.41, 5.74) is 23.8. The number of nitrogens with two attached hydrogens (primary N) is 4. The third-order valence-corrected chi connectivity index (χ3v) is 5.60. The van der Waals surface area contributed by atoms with Gasteiger partial charge < -0.3 is 43.7 Å². The third-order valence-electron chi connectivity index (χ3n) is 5.60. The Balaban J connectivity index is 2.15. The fourth-order valence-electron chi connectivity index (χ4n) is 3.68. The van der Waals surface area contributed by atoms with Crippen LogP contribution in [0.1, 0.15) is 37.7 Å². The number of H-pyrrole nitrogens is 1. The van der Waals surface area contributed by atoms with Crippen LogP contribution in [0.25, 0.3) is 10.9 Å². The summed E-state index contributed by atoms with van der Waals surface area (Å²) < 4.78 is 0. The molecule has 0 unspecified atom stereocenters. The van der Waals surface area contributed by atoms with Crippen molar-refractivity contribution in [1.29, 1.82) is 0 Å². The first-order valence-electron chi connectivity index (χ1n) is 11.6. The number of nitrogens with zero attached hydrogens (tertiary/aromatic N) is 1. The van der Waals surface area contributed by atoms with Gasteiger partial charge in [0.1, 0.15) is 12.1 Å². The van der Waals surface area contributed by atoms with Crippen molar-refractivity contribution in [2.75, 3.05) is 13.1 Å². The Morgan fingerprint density at radius 1 is 1.00 bits per heavy atom. The van der Waals surface area contributed by atoms with E-state index in [2.05, 4.69) is 20.6 Å². The zero-order valence-electron chi connectivity index (χ0n) is 19.7. The summed E-state index contributed by atoms with van der Waals surface area (Å²) in [5, 5.41) is 15.7. The number of benzene rings is 1. The molecule has 12 nitrogen and oxygen atoms in total. The van der Waals surface area contributed by atoms with Gasteiger partial charge in [0.15, 0.2) is 5.96 Å². The van der Waals surface area contributed by atoms with Gasteiger partial charge in [-0.2, -0.15) is 0 Å². The molecule has 192 valence electrons. The van der Waals surface area contributed by atoms with Crippen LogP contribution in [0, 0.1) is 0 Å². The topological polar surface area (TPSA) is 228 Å². The van der Waals surface area contributed by atoms with Crippen molar-refractivity contribution in [3.63, 3.8) is 0 Å². The molecule has 0 aliphatic heterocycles. The second-order valence-corrected chi connectivity index (χ2v) is 8.36. The number of guanidine groups is 1. The first-order valence-corrected chi connectivity index (χ1v) is 11.6. The summed E-state index contributed by atoms with van der Waals surface area (Å²) >= 11 is 0. The van der Waals surface area contributed by atoms with Crippen LogP contribution in [0.4, 0.5) is 0 Å². The van der Waals surface area contributed by atoms with Crippen LogP contribution < -0.4 is 33.6 Å². The maximum Gasteiger partial charge on any atom is 0.326 e. The van der Waals surface area contributed by atoms with E-state index < -0.39 is 35.9 Å². The van der Waals surface area contributed by atoms with Gasteiger partial charge in [-0.1, -0.05) is 24.6 Å². The quantitative estimate of drug-likeness (QED) is 0.0903. The van der Waals surface area contributed by atoms with Gasteiger partial charge in [0.05, 0.1) is 6.04 Å². The molecule has 3 atom stereocenters. The monoisotopic (exact) mass is 488 g/mol. The highest BCUT2D eigenvalue weighted by molar-refractivity contribution is 5.93. The van der Waals surface area contributed by atoms with E-state index in [9.17, 15) is 19.5 Å². The molecular formula is C23H36N8O4. The van der Waals surface area contributed by atoms with Gasteiger partial charge in [0, 0.05) is 30.1 Å². The van der Waals surface area contributed by atoms with Gasteiger partial charge >= 0.3 is 5.97 Å². The molecule has 12 N–H and O–H groups in total. The van der Waals surface area contributed by atoms with Gasteiger partial charge in [-0.25, -0.2) is 4.79 Å². The molecule has 0 aliphatic rings. The van der Waals surface area contributed by atoms with Gasteiger partial charge in [0.25, 0.3) is 0 Å². The first kappa shape index (κ1) is 27.6. The van der Waals surface area contributed by atoms with Gasteiger partial charge in [-0.15, -0.1) is 0 Å². The number of rotatable bonds is 15. The molecule has 1 aromatic carbocycles. The number of aromatic nitrogens is 1. The number of carbonyl (C=O) groups excluding carboxylic acids is 2. The summed E-state index contributed by atoms with van der Waals surface area (Å²) in [5.74, 6) is -2.39. The molecule has 0 saturated heterocycles. The van der Waals surface area contributed by atoms with Crippen LogP contribution in [0.3, 0.4) is 0 Å². The second kappa shape index (κ2) is 13.9. The first-order chi connectivity index (χ1) is 16.7. The average molecular weight is 489 g/mol. The number of carboxylic acid groups (broad SMARTS) is 1. The van der Waals surface area contributed by atoms with Crippen LogP contribution in [0.15, 0.2) is 35.5 Å². The number of aliphatic carboxylic acids is 1. The van der Waals surface area contributed by atoms with E-state index in [1.54, 1.807) is 6.20 Å². The Hall–Kier alpha value is -3.64. The standard InChI is InChI=1S/C23H36N8O4/c24-10-4-3-7-16(25)20(32)31-19(12-14-13-29-17-8-2-1-6-15(14)17)21(33)30-18(22(34)35)9-5-11-28-23(26)27/h1-2,6,8,13,16,18-19,29H,3-5,7,9-12,24-25H2,(H,30,33)(H,31,32)(H,34,35)(H4,26,27,28)/t16-,18-,19-/m0/s1. The van der Waals surface area contributed by atoms with E-state index in [0.29, 0.717) is 25.8 Å². The number of amides is 2. The Morgan fingerprint density at radius 2 is 1.71 bits per heavy atom. The molecule has 2 amide bonds. The molecule has 0 radical (unpaired) electrons. The highest BCUT2D eigenvalue weighted by atomic mass is 16.4. The Kier molecular flexibility index (Phi) is 11.0. The van der Waals surface area contributed by atoms with E-state index in [4.69, 9.17) is 22.9 Å². The molecule has 35 heavy (non-hydrogen) atoms. The summed E-state index contributed by atoms with van der Waals surface area (Å²) in [4.78, 5) is 44.6. The Morgan fingerprint density at radius 3 is 2.40 bits per heavy atom. The summed E-state index contributed by atoms with van der Waals surface area (Å²) in [6, 6.07) is 4.55. The second-order valence-electron chi connectivity index (χ2n) is 8.36. The minimum Gasteiger partial charge on any atom is -0.480 e. The zero-order valence-corrected chi connectivity index (χ0v) is 19.7. The number of unbranched alkanes of at least 4 members (excludes halogenated alkanes) is 1. The molecule has 0 fully saturated rings. The predicted octanol–water partition coefficient (Wildman–Crippen LogP) is -0.725. The lowest BCUT2D eigenvalue weighted by Crippen LogP contribution is -2.55. The number of hydrogen-bond donors (Lipinski definition) is 8. The normalized spacial score (nSPS) is 13.5. The number of para-hydroxylation sites is 1. The fraction of sp³-hybridized carbons (Fsp3) is 0.478. The minimum atomic E-state index is -1.20. The molecule has 0 saturated carbocycles. The molecule has 0 aliphatic carbocycles. The molecule has 2 aromatic rings. The van der Waals surface area contributed by atoms with Crippen molar-refractivity contribution in [3.8, 4) is 0 Å². The smallest absolute Gasteiger partial charge is 0.326 e. The highest BCUT2D eigenvalue weighted by Gasteiger charge is 2.28. The Bertz CT molecular complexity index is 1020. The minimum absolute atomic E-state index is 0.0924. The molecule has 2 rings (SSSR count). The van der Waals surface area contributed by atoms with Crippen LogP contribution in [0.5, 0.6) is 0 Å².